The van der Waals surface area contributed by atoms with Crippen molar-refractivity contribution in [1.29, 1.82) is 0 Å². The third kappa shape index (κ3) is 2.15. The van der Waals surface area contributed by atoms with Crippen LogP contribution in [0.1, 0.15) is 0 Å². The molecular formula is C13H8Br2FN3. The van der Waals surface area contributed by atoms with E-state index >= 15 is 0 Å². The number of nitrogens with zero attached hydrogens (tertiary/aromatic N) is 2. The van der Waals surface area contributed by atoms with Crippen LogP contribution in [0.4, 0.5) is 10.2 Å². The van der Waals surface area contributed by atoms with Crippen LogP contribution in [-0.2, 0) is 0 Å². The summed E-state index contributed by atoms with van der Waals surface area (Å²) < 4.78 is 16.7. The summed E-state index contributed by atoms with van der Waals surface area (Å²) in [6.45, 7) is 0. The second-order valence-electron chi connectivity index (χ2n) is 4.05. The molecule has 6 heteroatoms. The summed E-state index contributed by atoms with van der Waals surface area (Å²) in [6.07, 6.45) is 1.83. The Hall–Kier alpha value is -1.40. The van der Waals surface area contributed by atoms with Crippen LogP contribution in [0.2, 0.25) is 0 Å². The number of aromatic nitrogens is 2. The normalized spacial score (nSPS) is 11.1. The maximum atomic E-state index is 13.6. The van der Waals surface area contributed by atoms with Crippen molar-refractivity contribution in [1.82, 2.24) is 9.38 Å². The highest BCUT2D eigenvalue weighted by Gasteiger charge is 2.12. The average molecular weight is 385 g/mol. The molecule has 0 amide bonds. The molecular weight excluding hydrogens is 377 g/mol. The molecule has 0 aliphatic carbocycles. The molecule has 0 aliphatic rings. The highest BCUT2D eigenvalue weighted by molar-refractivity contribution is 9.10. The number of hydrogen-bond acceptors (Lipinski definition) is 2. The topological polar surface area (TPSA) is 43.3 Å². The lowest BCUT2D eigenvalue weighted by Crippen LogP contribution is -1.94. The van der Waals surface area contributed by atoms with E-state index in [0.29, 0.717) is 21.5 Å². The van der Waals surface area contributed by atoms with E-state index in [0.717, 1.165) is 10.1 Å². The lowest BCUT2D eigenvalue weighted by atomic mass is 10.1. The third-order valence-corrected chi connectivity index (χ3v) is 3.92. The van der Waals surface area contributed by atoms with Crippen molar-refractivity contribution in [3.05, 3.63) is 51.3 Å². The van der Waals surface area contributed by atoms with Crippen molar-refractivity contribution < 1.29 is 4.39 Å². The average Bonchev–Trinajstić information content (AvgIpc) is 2.70. The molecule has 0 spiro atoms. The quantitative estimate of drug-likeness (QED) is 0.681. The van der Waals surface area contributed by atoms with E-state index in [-0.39, 0.29) is 5.82 Å². The predicted octanol–water partition coefficient (Wildman–Crippen LogP) is 4.25. The second kappa shape index (κ2) is 4.61. The van der Waals surface area contributed by atoms with E-state index in [1.807, 2.05) is 18.3 Å². The van der Waals surface area contributed by atoms with Gasteiger partial charge >= 0.3 is 0 Å². The maximum absolute atomic E-state index is 13.6. The van der Waals surface area contributed by atoms with Gasteiger partial charge in [0.05, 0.1) is 4.47 Å². The summed E-state index contributed by atoms with van der Waals surface area (Å²) in [7, 11) is 0. The van der Waals surface area contributed by atoms with Gasteiger partial charge in [0.15, 0.2) is 0 Å². The van der Waals surface area contributed by atoms with Crippen LogP contribution in [0.25, 0.3) is 16.9 Å². The zero-order chi connectivity index (χ0) is 13.6. The first-order valence-corrected chi connectivity index (χ1v) is 7.03. The first kappa shape index (κ1) is 12.6. The fraction of sp³-hybridized carbons (Fsp3) is 0. The summed E-state index contributed by atoms with van der Waals surface area (Å²) >= 11 is 6.51. The Morgan fingerprint density at radius 3 is 2.68 bits per heavy atom. The summed E-state index contributed by atoms with van der Waals surface area (Å²) in [4.78, 5) is 4.43. The van der Waals surface area contributed by atoms with Gasteiger partial charge in [-0.05, 0) is 56.1 Å². The van der Waals surface area contributed by atoms with Crippen LogP contribution in [0.3, 0.4) is 0 Å². The molecule has 0 aliphatic heterocycles. The highest BCUT2D eigenvalue weighted by Crippen LogP contribution is 2.29. The van der Waals surface area contributed by atoms with Crippen LogP contribution in [0, 0.1) is 5.82 Å². The Morgan fingerprint density at radius 2 is 1.95 bits per heavy atom. The molecule has 2 aromatic heterocycles. The number of hydrogen-bond donors (Lipinski definition) is 1. The number of benzene rings is 1. The van der Waals surface area contributed by atoms with Crippen molar-refractivity contribution in [3.8, 4) is 11.3 Å². The summed E-state index contributed by atoms with van der Waals surface area (Å²) in [6, 6.07) is 8.56. The molecule has 19 heavy (non-hydrogen) atoms. The number of halogens is 3. The number of imidazole rings is 1. The Balaban J connectivity index is 2.24. The highest BCUT2D eigenvalue weighted by atomic mass is 79.9. The fourth-order valence-electron chi connectivity index (χ4n) is 1.89. The first-order valence-electron chi connectivity index (χ1n) is 5.45. The Bertz CT molecular complexity index is 783. The lowest BCUT2D eigenvalue weighted by Gasteiger charge is -2.01. The summed E-state index contributed by atoms with van der Waals surface area (Å²) in [5.74, 6) is 0.146. The third-order valence-electron chi connectivity index (χ3n) is 2.81. The number of pyridine rings is 1. The first-order chi connectivity index (χ1) is 9.06. The zero-order valence-electron chi connectivity index (χ0n) is 9.57. The van der Waals surface area contributed by atoms with E-state index in [1.54, 1.807) is 16.5 Å². The van der Waals surface area contributed by atoms with E-state index in [9.17, 15) is 4.39 Å². The lowest BCUT2D eigenvalue weighted by molar-refractivity contribution is 0.621. The smallest absolute Gasteiger partial charge is 0.139 e. The van der Waals surface area contributed by atoms with Gasteiger partial charge in [0, 0.05) is 16.2 Å². The predicted molar refractivity (Wildman–Crippen MR) is 80.4 cm³/mol. The van der Waals surface area contributed by atoms with Gasteiger partial charge in [-0.25, -0.2) is 9.37 Å². The molecule has 0 saturated heterocycles. The largest absolute Gasteiger partial charge is 0.383 e. The minimum Gasteiger partial charge on any atom is -0.383 e. The van der Waals surface area contributed by atoms with Gasteiger partial charge in [-0.2, -0.15) is 0 Å². The van der Waals surface area contributed by atoms with Gasteiger partial charge in [-0.1, -0.05) is 6.07 Å². The van der Waals surface area contributed by atoms with Crippen molar-refractivity contribution >= 4 is 43.3 Å². The van der Waals surface area contributed by atoms with E-state index in [2.05, 4.69) is 36.8 Å². The van der Waals surface area contributed by atoms with Crippen molar-refractivity contribution in [2.45, 2.75) is 0 Å². The molecule has 2 N–H and O–H groups in total. The van der Waals surface area contributed by atoms with Crippen molar-refractivity contribution in [2.75, 3.05) is 5.73 Å². The minimum absolute atomic E-state index is 0.338. The Kier molecular flexibility index (Phi) is 3.06. The van der Waals surface area contributed by atoms with Gasteiger partial charge in [-0.15, -0.1) is 0 Å². The molecule has 2 heterocycles. The second-order valence-corrected chi connectivity index (χ2v) is 5.82. The number of nitrogen functional groups attached to an aromatic ring is 1. The summed E-state index contributed by atoms with van der Waals surface area (Å²) in [5.41, 5.74) is 8.02. The molecule has 1 aromatic carbocycles. The number of fused-ring (bicyclic) bond motifs is 1. The number of rotatable bonds is 1. The van der Waals surface area contributed by atoms with Crippen LogP contribution in [-0.4, -0.2) is 9.38 Å². The van der Waals surface area contributed by atoms with Crippen LogP contribution < -0.4 is 5.73 Å². The molecule has 0 unspecified atom stereocenters. The molecule has 3 nitrogen and oxygen atoms in total. The van der Waals surface area contributed by atoms with Crippen LogP contribution in [0.15, 0.2) is 45.5 Å². The molecule has 3 aromatic rings. The zero-order valence-corrected chi connectivity index (χ0v) is 12.7. The van der Waals surface area contributed by atoms with Gasteiger partial charge in [0.1, 0.15) is 23.0 Å². The van der Waals surface area contributed by atoms with Crippen molar-refractivity contribution in [2.24, 2.45) is 0 Å². The van der Waals surface area contributed by atoms with Gasteiger partial charge in [0.25, 0.3) is 0 Å². The van der Waals surface area contributed by atoms with E-state index in [1.165, 1.54) is 6.07 Å². The number of nitrogens with two attached hydrogens (primary N) is 1. The molecule has 0 fully saturated rings. The van der Waals surface area contributed by atoms with Crippen molar-refractivity contribution in [3.63, 3.8) is 0 Å². The van der Waals surface area contributed by atoms with Crippen LogP contribution >= 0.6 is 31.9 Å². The van der Waals surface area contributed by atoms with Gasteiger partial charge in [0.2, 0.25) is 0 Å². The summed E-state index contributed by atoms with van der Waals surface area (Å²) in [5, 5.41) is 0. The Morgan fingerprint density at radius 1 is 1.16 bits per heavy atom. The van der Waals surface area contributed by atoms with E-state index in [4.69, 9.17) is 5.73 Å². The SMILES string of the molecule is Nc1c(-c2ccc(Br)c(F)c2)nc2ccc(Br)cn12. The Labute approximate surface area is 125 Å². The maximum Gasteiger partial charge on any atom is 0.139 e. The van der Waals surface area contributed by atoms with E-state index < -0.39 is 0 Å². The standard InChI is InChI=1S/C13H8Br2FN3/c14-8-2-4-11-18-12(13(17)19(11)6-8)7-1-3-9(15)10(16)5-7/h1-6H,17H2. The monoisotopic (exact) mass is 383 g/mol. The molecule has 3 rings (SSSR count). The molecule has 0 bridgehead atoms. The molecule has 0 radical (unpaired) electrons. The minimum atomic E-state index is -0.338. The van der Waals surface area contributed by atoms with Gasteiger partial charge in [-0.3, -0.25) is 4.40 Å². The van der Waals surface area contributed by atoms with Gasteiger partial charge < -0.3 is 5.73 Å². The molecule has 0 atom stereocenters. The fourth-order valence-corrected chi connectivity index (χ4v) is 2.48. The number of anilines is 1. The molecule has 96 valence electrons. The van der Waals surface area contributed by atoms with Crippen LogP contribution in [0.5, 0.6) is 0 Å². The molecule has 0 saturated carbocycles.